The molecule has 1 rings (SSSR count). The van der Waals surface area contributed by atoms with Gasteiger partial charge in [0.1, 0.15) is 43.2 Å². The van der Waals surface area contributed by atoms with Crippen molar-refractivity contribution in [2.24, 2.45) is 0 Å². The molecule has 0 bridgehead atoms. The molecule has 1 saturated carbocycles. The summed E-state index contributed by atoms with van der Waals surface area (Å²) in [6.07, 6.45) is 24.1. The Morgan fingerprint density at radius 1 is 0.559 bits per heavy atom. The number of rotatable bonds is 39. The molecule has 0 radical (unpaired) electrons. The number of ether oxygens (including phenoxy) is 2. The van der Waals surface area contributed by atoms with Gasteiger partial charge in [-0.25, -0.2) is 4.57 Å². The molecule has 59 heavy (non-hydrogen) atoms. The molecule has 0 aromatic rings. The Balaban J connectivity index is 2.44. The van der Waals surface area contributed by atoms with Gasteiger partial charge in [0.2, 0.25) is 0 Å². The monoisotopic (exact) mass is 863 g/mol. The van der Waals surface area contributed by atoms with Crippen LogP contribution in [0, 0.1) is 0 Å². The molecule has 14 heteroatoms. The molecule has 1 aliphatic carbocycles. The minimum absolute atomic E-state index is 0.0957. The first-order valence-corrected chi connectivity index (χ1v) is 24.6. The van der Waals surface area contributed by atoms with Gasteiger partial charge in [-0.2, -0.15) is 0 Å². The first-order valence-electron chi connectivity index (χ1n) is 23.1. The van der Waals surface area contributed by atoms with Gasteiger partial charge in [-0.1, -0.05) is 154 Å². The second-order valence-electron chi connectivity index (χ2n) is 16.3. The number of hydrogen-bond donors (Lipinski definition) is 6. The Hall–Kier alpha value is -1.67. The lowest BCUT2D eigenvalue weighted by atomic mass is 9.85. The van der Waals surface area contributed by atoms with Gasteiger partial charge >= 0.3 is 19.8 Å². The fraction of sp³-hybridized carbons (Fsp3) is 0.867. The molecular formula is C45H83O13P. The molecule has 0 saturated heterocycles. The number of aliphatic hydroxyl groups excluding tert-OH is 5. The highest BCUT2D eigenvalue weighted by Gasteiger charge is 2.51. The van der Waals surface area contributed by atoms with E-state index in [9.17, 15) is 44.6 Å². The van der Waals surface area contributed by atoms with Gasteiger partial charge in [0, 0.05) is 12.8 Å². The molecule has 0 amide bonds. The first kappa shape index (κ1) is 55.3. The summed E-state index contributed by atoms with van der Waals surface area (Å²) < 4.78 is 33.5. The van der Waals surface area contributed by atoms with Crippen LogP contribution in [0.4, 0.5) is 0 Å². The molecule has 0 aliphatic heterocycles. The third-order valence-corrected chi connectivity index (χ3v) is 11.9. The lowest BCUT2D eigenvalue weighted by Gasteiger charge is -2.41. The van der Waals surface area contributed by atoms with Gasteiger partial charge in [-0.05, 0) is 44.9 Å². The van der Waals surface area contributed by atoms with Gasteiger partial charge in [-0.3, -0.25) is 18.6 Å². The van der Waals surface area contributed by atoms with E-state index in [1.165, 1.54) is 103 Å². The molecule has 1 aliphatic rings. The molecule has 0 spiro atoms. The first-order chi connectivity index (χ1) is 28.4. The van der Waals surface area contributed by atoms with E-state index in [4.69, 9.17) is 18.5 Å². The fourth-order valence-corrected chi connectivity index (χ4v) is 8.10. The number of unbranched alkanes of at least 4 members (excludes halogenated alkanes) is 24. The summed E-state index contributed by atoms with van der Waals surface area (Å²) in [6, 6.07) is 0. The summed E-state index contributed by atoms with van der Waals surface area (Å²) in [6.45, 7) is 4.80. The lowest BCUT2D eigenvalue weighted by Crippen LogP contribution is -2.64. The van der Waals surface area contributed by atoms with Crippen LogP contribution in [0.1, 0.15) is 193 Å². The molecule has 6 N–H and O–H groups in total. The highest BCUT2D eigenvalue weighted by atomic mass is 31.2. The molecule has 0 aromatic heterocycles. The highest BCUT2D eigenvalue weighted by Crippen LogP contribution is 2.47. The molecule has 6 unspecified atom stereocenters. The summed E-state index contributed by atoms with van der Waals surface area (Å²) in [4.78, 5) is 35.7. The standard InChI is InChI=1S/C45H83O13P/c1-3-5-7-9-11-13-15-17-19-21-23-25-27-29-31-33-38(46)55-35-37(36-56-59(53,54)58-45-43(51)41(49)40(48)42(50)44(45)52)57-39(47)34-32-30-28-26-24-22-20-18-16-14-12-10-8-6-4-2/h3,10,12,37,40-45,48-52H,1,4-9,11,13-36H2,2H3,(H,53,54)/b12-10+/t37-,40?,41-,42?,43?,44?,45?/m1/s1. The maximum atomic E-state index is 12.8. The van der Waals surface area contributed by atoms with E-state index < -0.39 is 75.7 Å². The molecule has 346 valence electrons. The topological polar surface area (TPSA) is 210 Å². The summed E-state index contributed by atoms with van der Waals surface area (Å²) in [5.74, 6) is -1.10. The van der Waals surface area contributed by atoms with Crippen molar-refractivity contribution < 1.29 is 63.1 Å². The Morgan fingerprint density at radius 3 is 1.41 bits per heavy atom. The minimum Gasteiger partial charge on any atom is -0.462 e. The van der Waals surface area contributed by atoms with Crippen LogP contribution in [0.3, 0.4) is 0 Å². The average molecular weight is 863 g/mol. The number of carbonyl (C=O) groups is 2. The summed E-state index contributed by atoms with van der Waals surface area (Å²) in [5, 5.41) is 50.1. The predicted octanol–water partition coefficient (Wildman–Crippen LogP) is 8.84. The van der Waals surface area contributed by atoms with Crippen molar-refractivity contribution in [1.29, 1.82) is 0 Å². The molecular weight excluding hydrogens is 779 g/mol. The molecule has 1 fully saturated rings. The van der Waals surface area contributed by atoms with Crippen LogP contribution in [-0.4, -0.2) is 98.3 Å². The van der Waals surface area contributed by atoms with E-state index in [2.05, 4.69) is 25.7 Å². The van der Waals surface area contributed by atoms with E-state index in [1.54, 1.807) is 0 Å². The van der Waals surface area contributed by atoms with Crippen LogP contribution >= 0.6 is 7.82 Å². The van der Waals surface area contributed by atoms with Gasteiger partial charge < -0.3 is 39.9 Å². The fourth-order valence-electron chi connectivity index (χ4n) is 7.13. The predicted molar refractivity (Wildman–Crippen MR) is 230 cm³/mol. The zero-order chi connectivity index (χ0) is 43.6. The van der Waals surface area contributed by atoms with Crippen LogP contribution in [0.5, 0.6) is 0 Å². The number of phosphoric ester groups is 1. The number of carbonyl (C=O) groups excluding carboxylic acids is 2. The second kappa shape index (κ2) is 35.9. The molecule has 0 heterocycles. The molecule has 8 atom stereocenters. The van der Waals surface area contributed by atoms with Crippen molar-refractivity contribution in [2.45, 2.75) is 236 Å². The maximum Gasteiger partial charge on any atom is 0.472 e. The number of hydrogen-bond acceptors (Lipinski definition) is 12. The molecule has 0 aromatic carbocycles. The van der Waals surface area contributed by atoms with Gasteiger partial charge in [0.15, 0.2) is 6.10 Å². The number of allylic oxidation sites excluding steroid dienone is 3. The maximum absolute atomic E-state index is 12.8. The normalized spacial score (nSPS) is 22.3. The van der Waals surface area contributed by atoms with Crippen molar-refractivity contribution in [3.05, 3.63) is 24.8 Å². The van der Waals surface area contributed by atoms with Crippen LogP contribution < -0.4 is 0 Å². The van der Waals surface area contributed by atoms with E-state index in [0.717, 1.165) is 57.8 Å². The minimum atomic E-state index is -5.11. The smallest absolute Gasteiger partial charge is 0.462 e. The highest BCUT2D eigenvalue weighted by molar-refractivity contribution is 7.47. The van der Waals surface area contributed by atoms with Crippen molar-refractivity contribution in [2.75, 3.05) is 13.2 Å². The Morgan fingerprint density at radius 2 is 0.949 bits per heavy atom. The zero-order valence-corrected chi connectivity index (χ0v) is 37.3. The molecule has 13 nitrogen and oxygen atoms in total. The van der Waals surface area contributed by atoms with Crippen LogP contribution in [0.2, 0.25) is 0 Å². The van der Waals surface area contributed by atoms with Gasteiger partial charge in [-0.15, -0.1) is 6.58 Å². The van der Waals surface area contributed by atoms with E-state index in [1.807, 2.05) is 6.08 Å². The Labute approximate surface area is 356 Å². The van der Waals surface area contributed by atoms with Crippen LogP contribution in [0.15, 0.2) is 24.8 Å². The summed E-state index contributed by atoms with van der Waals surface area (Å²) in [5.41, 5.74) is 0. The number of aliphatic hydroxyl groups is 5. The average Bonchev–Trinajstić information content (AvgIpc) is 3.21. The van der Waals surface area contributed by atoms with Crippen molar-refractivity contribution >= 4 is 19.8 Å². The lowest BCUT2D eigenvalue weighted by molar-refractivity contribution is -0.220. The van der Waals surface area contributed by atoms with Crippen LogP contribution in [0.25, 0.3) is 0 Å². The summed E-state index contributed by atoms with van der Waals surface area (Å²) in [7, 11) is -5.11. The number of esters is 2. The van der Waals surface area contributed by atoms with Crippen molar-refractivity contribution in [3.8, 4) is 0 Å². The van der Waals surface area contributed by atoms with E-state index in [0.29, 0.717) is 12.8 Å². The zero-order valence-electron chi connectivity index (χ0n) is 36.4. The van der Waals surface area contributed by atoms with Gasteiger partial charge in [0.05, 0.1) is 6.61 Å². The van der Waals surface area contributed by atoms with E-state index in [-0.39, 0.29) is 12.8 Å². The van der Waals surface area contributed by atoms with Crippen LogP contribution in [-0.2, 0) is 32.7 Å². The third-order valence-electron chi connectivity index (χ3n) is 10.9. The van der Waals surface area contributed by atoms with Gasteiger partial charge in [0.25, 0.3) is 0 Å². The summed E-state index contributed by atoms with van der Waals surface area (Å²) >= 11 is 0. The van der Waals surface area contributed by atoms with Crippen molar-refractivity contribution in [1.82, 2.24) is 0 Å². The van der Waals surface area contributed by atoms with Crippen molar-refractivity contribution in [3.63, 3.8) is 0 Å². The Bertz CT molecular complexity index is 1120. The quantitative estimate of drug-likeness (QED) is 0.0148. The SMILES string of the molecule is C=CCCCCCCCCCCCCCCCC(=O)OC[C@H](COP(=O)(O)OC1C(O)C(O)C(O)[C@@H](O)C1O)OC(=O)CCCCCCCCCCC/C=C/CCCC. The Kier molecular flexibility index (Phi) is 33.7. The second-order valence-corrected chi connectivity index (χ2v) is 17.7. The largest absolute Gasteiger partial charge is 0.472 e. The van der Waals surface area contributed by atoms with E-state index >= 15 is 0 Å². The third kappa shape index (κ3) is 28.5. The number of phosphoric acid groups is 1.